The van der Waals surface area contributed by atoms with Crippen LogP contribution in [-0.2, 0) is 0 Å². The van der Waals surface area contributed by atoms with Crippen LogP contribution in [0.2, 0.25) is 0 Å². The molecule has 1 atom stereocenters. The van der Waals surface area contributed by atoms with Crippen molar-refractivity contribution in [3.63, 3.8) is 0 Å². The van der Waals surface area contributed by atoms with Crippen molar-refractivity contribution in [3.8, 4) is 5.69 Å². The molecule has 4 rings (SSSR count). The molecule has 1 aliphatic heterocycles. The van der Waals surface area contributed by atoms with Gasteiger partial charge in [0.2, 0.25) is 5.91 Å². The van der Waals surface area contributed by atoms with Gasteiger partial charge in [0.05, 0.1) is 23.6 Å². The predicted molar refractivity (Wildman–Crippen MR) is 79.5 cm³/mol. The van der Waals surface area contributed by atoms with Crippen LogP contribution >= 0.6 is 0 Å². The van der Waals surface area contributed by atoms with Crippen molar-refractivity contribution >= 4 is 5.91 Å². The van der Waals surface area contributed by atoms with Crippen LogP contribution in [0.25, 0.3) is 5.69 Å². The standard InChI is InChI=1S/C17H13N3O/c18-17(21)12-5-3-4-11(8-12)16-13-6-1-2-7-14(13)20-10-19-9-15(16)20/h1-10,16H,(H2,18,21). The van der Waals surface area contributed by atoms with Crippen LogP contribution in [0.5, 0.6) is 0 Å². The molecule has 0 fully saturated rings. The topological polar surface area (TPSA) is 60.9 Å². The Morgan fingerprint density at radius 2 is 2.00 bits per heavy atom. The Labute approximate surface area is 121 Å². The van der Waals surface area contributed by atoms with Gasteiger partial charge in [-0.3, -0.25) is 4.79 Å². The number of hydrogen-bond acceptors (Lipinski definition) is 2. The normalized spacial score (nSPS) is 15.5. The molecule has 4 nitrogen and oxygen atoms in total. The molecule has 21 heavy (non-hydrogen) atoms. The fourth-order valence-electron chi connectivity index (χ4n) is 3.05. The minimum absolute atomic E-state index is 0.0861. The number of primary amides is 1. The van der Waals surface area contributed by atoms with Gasteiger partial charge >= 0.3 is 0 Å². The molecule has 0 aliphatic carbocycles. The summed E-state index contributed by atoms with van der Waals surface area (Å²) in [5.74, 6) is -0.320. The number of benzene rings is 2. The number of aromatic nitrogens is 2. The van der Waals surface area contributed by atoms with Gasteiger partial charge in [-0.2, -0.15) is 0 Å². The Kier molecular flexibility index (Phi) is 2.44. The summed E-state index contributed by atoms with van der Waals surface area (Å²) in [6.45, 7) is 0. The number of carbonyl (C=O) groups excluding carboxylic acids is 1. The van der Waals surface area contributed by atoms with E-state index in [0.717, 1.165) is 16.9 Å². The minimum atomic E-state index is -0.406. The zero-order chi connectivity index (χ0) is 14.4. The summed E-state index contributed by atoms with van der Waals surface area (Å²) in [5.41, 5.74) is 10.4. The number of nitrogens with two attached hydrogens (primary N) is 1. The molecule has 0 saturated heterocycles. The summed E-state index contributed by atoms with van der Waals surface area (Å²) in [6.07, 6.45) is 3.70. The van der Waals surface area contributed by atoms with Crippen molar-refractivity contribution in [1.29, 1.82) is 0 Å². The molecule has 0 radical (unpaired) electrons. The molecular weight excluding hydrogens is 262 g/mol. The molecular formula is C17H13N3O. The van der Waals surface area contributed by atoms with Crippen molar-refractivity contribution < 1.29 is 4.79 Å². The molecule has 102 valence electrons. The maximum atomic E-state index is 11.4. The number of hydrogen-bond donors (Lipinski definition) is 1. The maximum absolute atomic E-state index is 11.4. The van der Waals surface area contributed by atoms with Crippen LogP contribution in [-0.4, -0.2) is 15.5 Å². The number of fused-ring (bicyclic) bond motifs is 3. The zero-order valence-electron chi connectivity index (χ0n) is 11.2. The molecule has 2 aromatic carbocycles. The average molecular weight is 275 g/mol. The van der Waals surface area contributed by atoms with E-state index in [4.69, 9.17) is 5.73 Å². The van der Waals surface area contributed by atoms with Crippen LogP contribution in [0.15, 0.2) is 61.1 Å². The number of nitrogens with zero attached hydrogens (tertiary/aromatic N) is 2. The van der Waals surface area contributed by atoms with Gasteiger partial charge in [0.1, 0.15) is 0 Å². The third kappa shape index (κ3) is 1.69. The average Bonchev–Trinajstić information content (AvgIpc) is 3.07. The van der Waals surface area contributed by atoms with Crippen molar-refractivity contribution in [2.24, 2.45) is 5.73 Å². The Hall–Kier alpha value is -2.88. The molecule has 0 saturated carbocycles. The highest BCUT2D eigenvalue weighted by Gasteiger charge is 2.30. The van der Waals surface area contributed by atoms with Crippen molar-refractivity contribution in [3.05, 3.63) is 83.4 Å². The number of para-hydroxylation sites is 1. The lowest BCUT2D eigenvalue weighted by atomic mass is 9.89. The summed E-state index contributed by atoms with van der Waals surface area (Å²) in [6, 6.07) is 15.8. The highest BCUT2D eigenvalue weighted by Crippen LogP contribution is 2.41. The summed E-state index contributed by atoms with van der Waals surface area (Å²) in [7, 11) is 0. The number of rotatable bonds is 2. The minimum Gasteiger partial charge on any atom is -0.366 e. The second-order valence-corrected chi connectivity index (χ2v) is 5.17. The van der Waals surface area contributed by atoms with E-state index in [9.17, 15) is 4.79 Å². The molecule has 0 spiro atoms. The molecule has 3 aromatic rings. The molecule has 2 N–H and O–H groups in total. The quantitative estimate of drug-likeness (QED) is 0.611. The third-order valence-corrected chi connectivity index (χ3v) is 3.97. The Balaban J connectivity index is 1.93. The van der Waals surface area contributed by atoms with Crippen molar-refractivity contribution in [2.75, 3.05) is 0 Å². The SMILES string of the molecule is NC(=O)c1cccc(C2c3ccccc3-n3cncc32)c1. The third-order valence-electron chi connectivity index (χ3n) is 3.97. The lowest BCUT2D eigenvalue weighted by molar-refractivity contribution is 0.1000. The summed E-state index contributed by atoms with van der Waals surface area (Å²) in [5, 5.41) is 0. The van der Waals surface area contributed by atoms with Gasteiger partial charge in [-0.15, -0.1) is 0 Å². The lowest BCUT2D eigenvalue weighted by Crippen LogP contribution is -2.11. The first-order valence-corrected chi connectivity index (χ1v) is 6.77. The van der Waals surface area contributed by atoms with Crippen LogP contribution in [0.4, 0.5) is 0 Å². The van der Waals surface area contributed by atoms with Crippen LogP contribution < -0.4 is 5.73 Å². The van der Waals surface area contributed by atoms with E-state index < -0.39 is 5.91 Å². The van der Waals surface area contributed by atoms with Gasteiger partial charge in [0.15, 0.2) is 0 Å². The van der Waals surface area contributed by atoms with E-state index in [0.29, 0.717) is 5.56 Å². The van der Waals surface area contributed by atoms with E-state index in [1.54, 1.807) is 6.07 Å². The van der Waals surface area contributed by atoms with Gasteiger partial charge in [0, 0.05) is 11.8 Å². The van der Waals surface area contributed by atoms with Crippen LogP contribution in [0.1, 0.15) is 33.1 Å². The van der Waals surface area contributed by atoms with E-state index in [-0.39, 0.29) is 5.92 Å². The van der Waals surface area contributed by atoms with E-state index in [1.165, 1.54) is 5.56 Å². The number of carbonyl (C=O) groups is 1. The molecule has 0 bridgehead atoms. The number of imidazole rings is 1. The monoisotopic (exact) mass is 275 g/mol. The Morgan fingerprint density at radius 1 is 1.14 bits per heavy atom. The van der Waals surface area contributed by atoms with Gasteiger partial charge in [-0.05, 0) is 29.3 Å². The summed E-state index contributed by atoms with van der Waals surface area (Å²) in [4.78, 5) is 15.7. The summed E-state index contributed by atoms with van der Waals surface area (Å²) >= 11 is 0. The fourth-order valence-corrected chi connectivity index (χ4v) is 3.05. The largest absolute Gasteiger partial charge is 0.366 e. The Morgan fingerprint density at radius 3 is 2.86 bits per heavy atom. The van der Waals surface area contributed by atoms with Gasteiger partial charge in [-0.25, -0.2) is 4.98 Å². The van der Waals surface area contributed by atoms with E-state index in [1.807, 2.05) is 42.9 Å². The maximum Gasteiger partial charge on any atom is 0.248 e. The zero-order valence-corrected chi connectivity index (χ0v) is 11.2. The Bertz CT molecular complexity index is 851. The lowest BCUT2D eigenvalue weighted by Gasteiger charge is -2.12. The molecule has 1 amide bonds. The van der Waals surface area contributed by atoms with E-state index >= 15 is 0 Å². The second kappa shape index (κ2) is 4.31. The molecule has 1 aromatic heterocycles. The van der Waals surface area contributed by atoms with Gasteiger partial charge in [-0.1, -0.05) is 30.3 Å². The highest BCUT2D eigenvalue weighted by atomic mass is 16.1. The van der Waals surface area contributed by atoms with Gasteiger partial charge < -0.3 is 10.3 Å². The molecule has 1 unspecified atom stereocenters. The highest BCUT2D eigenvalue weighted by molar-refractivity contribution is 5.93. The number of amides is 1. The first-order chi connectivity index (χ1) is 10.3. The van der Waals surface area contributed by atoms with E-state index in [2.05, 4.69) is 21.7 Å². The molecule has 2 heterocycles. The van der Waals surface area contributed by atoms with Crippen molar-refractivity contribution in [2.45, 2.75) is 5.92 Å². The predicted octanol–water partition coefficient (Wildman–Crippen LogP) is 2.46. The van der Waals surface area contributed by atoms with Crippen molar-refractivity contribution in [1.82, 2.24) is 9.55 Å². The smallest absolute Gasteiger partial charge is 0.248 e. The molecule has 1 aliphatic rings. The summed E-state index contributed by atoms with van der Waals surface area (Å²) < 4.78 is 2.09. The van der Waals surface area contributed by atoms with Gasteiger partial charge in [0.25, 0.3) is 0 Å². The second-order valence-electron chi connectivity index (χ2n) is 5.17. The van der Waals surface area contributed by atoms with Crippen LogP contribution in [0, 0.1) is 0 Å². The molecule has 4 heteroatoms. The first kappa shape index (κ1) is 11.9. The van der Waals surface area contributed by atoms with Crippen LogP contribution in [0.3, 0.4) is 0 Å². The fraction of sp³-hybridized carbons (Fsp3) is 0.0588. The first-order valence-electron chi connectivity index (χ1n) is 6.77.